The van der Waals surface area contributed by atoms with Gasteiger partial charge in [0.15, 0.2) is 0 Å². The smallest absolute Gasteiger partial charge is 0.0637 e. The molecule has 2 N–H and O–H groups in total. The number of rotatable bonds is 8. The van der Waals surface area contributed by atoms with Crippen LogP contribution in [0.25, 0.3) is 11.1 Å². The van der Waals surface area contributed by atoms with E-state index in [-0.39, 0.29) is 0 Å². The number of nitrogen functional groups attached to an aromatic ring is 1. The van der Waals surface area contributed by atoms with Gasteiger partial charge in [0.2, 0.25) is 0 Å². The van der Waals surface area contributed by atoms with Gasteiger partial charge < -0.3 is 20.1 Å². The van der Waals surface area contributed by atoms with Crippen molar-refractivity contribution in [1.82, 2.24) is 0 Å². The number of nitrogens with zero attached hydrogens (tertiary/aromatic N) is 1. The van der Waals surface area contributed by atoms with Crippen LogP contribution < -0.4 is 10.6 Å². The van der Waals surface area contributed by atoms with Crippen molar-refractivity contribution in [2.75, 3.05) is 51.2 Å². The number of benzene rings is 2. The molecule has 0 amide bonds. The molecule has 130 valence electrons. The zero-order chi connectivity index (χ0) is 17.5. The highest BCUT2D eigenvalue weighted by Gasteiger charge is 2.12. The predicted octanol–water partition coefficient (Wildman–Crippen LogP) is 4.34. The molecule has 0 saturated heterocycles. The van der Waals surface area contributed by atoms with Gasteiger partial charge >= 0.3 is 0 Å². The van der Waals surface area contributed by atoms with Gasteiger partial charge in [-0.1, -0.05) is 29.3 Å². The number of anilines is 2. The molecule has 4 nitrogen and oxygen atoms in total. The van der Waals surface area contributed by atoms with Crippen LogP contribution in [0.5, 0.6) is 0 Å². The van der Waals surface area contributed by atoms with Crippen LogP contribution in [0, 0.1) is 0 Å². The van der Waals surface area contributed by atoms with Gasteiger partial charge in [-0.25, -0.2) is 0 Å². The lowest BCUT2D eigenvalue weighted by atomic mass is 10.0. The maximum atomic E-state index is 6.34. The average Bonchev–Trinajstić information content (AvgIpc) is 2.56. The second-order valence-electron chi connectivity index (χ2n) is 5.37. The van der Waals surface area contributed by atoms with Crippen molar-refractivity contribution in [3.05, 3.63) is 46.4 Å². The predicted molar refractivity (Wildman–Crippen MR) is 102 cm³/mol. The van der Waals surface area contributed by atoms with Gasteiger partial charge in [0.25, 0.3) is 0 Å². The Morgan fingerprint density at radius 2 is 1.58 bits per heavy atom. The van der Waals surface area contributed by atoms with Crippen molar-refractivity contribution in [1.29, 1.82) is 0 Å². The first kappa shape index (κ1) is 18.9. The van der Waals surface area contributed by atoms with Gasteiger partial charge in [-0.3, -0.25) is 0 Å². The lowest BCUT2D eigenvalue weighted by Gasteiger charge is -2.25. The van der Waals surface area contributed by atoms with E-state index in [2.05, 4.69) is 4.90 Å². The standard InChI is InChI=1S/C18H22Cl2N2O2/c1-23-9-7-22(8-10-24-2)14-4-6-18(21)16(12-14)15-5-3-13(19)11-17(15)20/h3-6,11-12H,7-10,21H2,1-2H3. The van der Waals surface area contributed by atoms with Gasteiger partial charge in [0.05, 0.1) is 13.2 Å². The van der Waals surface area contributed by atoms with Crippen LogP contribution in [0.15, 0.2) is 36.4 Å². The minimum atomic E-state index is 0.576. The fraction of sp³-hybridized carbons (Fsp3) is 0.333. The van der Waals surface area contributed by atoms with Crippen LogP contribution in [0.3, 0.4) is 0 Å². The molecule has 24 heavy (non-hydrogen) atoms. The molecule has 0 fully saturated rings. The molecule has 0 radical (unpaired) electrons. The first-order chi connectivity index (χ1) is 11.6. The van der Waals surface area contributed by atoms with Gasteiger partial charge in [-0.2, -0.15) is 0 Å². The van der Waals surface area contributed by atoms with Gasteiger partial charge in [0, 0.05) is 59.9 Å². The molecule has 0 spiro atoms. The second-order valence-corrected chi connectivity index (χ2v) is 6.21. The first-order valence-electron chi connectivity index (χ1n) is 7.64. The number of halogens is 2. The summed E-state index contributed by atoms with van der Waals surface area (Å²) < 4.78 is 10.4. The molecule has 0 heterocycles. The molecule has 6 heteroatoms. The molecule has 2 aromatic carbocycles. The van der Waals surface area contributed by atoms with E-state index in [0.29, 0.717) is 28.9 Å². The van der Waals surface area contributed by atoms with E-state index in [1.165, 1.54) is 0 Å². The van der Waals surface area contributed by atoms with Crippen LogP contribution in [0.4, 0.5) is 11.4 Å². The molecule has 0 aliphatic rings. The van der Waals surface area contributed by atoms with Crippen molar-refractivity contribution in [3.8, 4) is 11.1 Å². The fourth-order valence-corrected chi connectivity index (χ4v) is 2.97. The summed E-state index contributed by atoms with van der Waals surface area (Å²) in [6.07, 6.45) is 0. The summed E-state index contributed by atoms with van der Waals surface area (Å²) in [5, 5.41) is 1.17. The lowest BCUT2D eigenvalue weighted by Crippen LogP contribution is -2.30. The molecule has 0 unspecified atom stereocenters. The van der Waals surface area contributed by atoms with Crippen molar-refractivity contribution in [2.45, 2.75) is 0 Å². The van der Waals surface area contributed by atoms with Gasteiger partial charge in [-0.05, 0) is 30.3 Å². The van der Waals surface area contributed by atoms with E-state index in [4.69, 9.17) is 38.4 Å². The Morgan fingerprint density at radius 3 is 2.17 bits per heavy atom. The third-order valence-corrected chi connectivity index (χ3v) is 4.30. The molecule has 0 bridgehead atoms. The number of methoxy groups -OCH3 is 2. The van der Waals surface area contributed by atoms with E-state index in [1.54, 1.807) is 20.3 Å². The minimum Gasteiger partial charge on any atom is -0.398 e. The monoisotopic (exact) mass is 368 g/mol. The zero-order valence-electron chi connectivity index (χ0n) is 13.9. The SMILES string of the molecule is COCCN(CCOC)c1ccc(N)c(-c2ccc(Cl)cc2Cl)c1. The molecule has 0 aromatic heterocycles. The van der Waals surface area contributed by atoms with E-state index in [1.807, 2.05) is 30.3 Å². The maximum Gasteiger partial charge on any atom is 0.0637 e. The summed E-state index contributed by atoms with van der Waals surface area (Å²) in [6, 6.07) is 11.3. The summed E-state index contributed by atoms with van der Waals surface area (Å²) in [4.78, 5) is 2.19. The van der Waals surface area contributed by atoms with Crippen molar-refractivity contribution in [2.24, 2.45) is 0 Å². The quantitative estimate of drug-likeness (QED) is 0.703. The lowest BCUT2D eigenvalue weighted by molar-refractivity contribution is 0.190. The van der Waals surface area contributed by atoms with Gasteiger partial charge in [0.1, 0.15) is 0 Å². The van der Waals surface area contributed by atoms with Crippen LogP contribution in [0.2, 0.25) is 10.0 Å². The molecule has 2 rings (SSSR count). The van der Waals surface area contributed by atoms with E-state index in [9.17, 15) is 0 Å². The highest BCUT2D eigenvalue weighted by molar-refractivity contribution is 6.36. The highest BCUT2D eigenvalue weighted by atomic mass is 35.5. The van der Waals surface area contributed by atoms with Crippen LogP contribution in [-0.4, -0.2) is 40.5 Å². The zero-order valence-corrected chi connectivity index (χ0v) is 15.4. The third-order valence-electron chi connectivity index (χ3n) is 3.75. The summed E-state index contributed by atoms with van der Waals surface area (Å²) >= 11 is 12.3. The second kappa shape index (κ2) is 9.14. The average molecular weight is 369 g/mol. The Hall–Kier alpha value is -1.46. The Labute approximate surface area is 153 Å². The Balaban J connectivity index is 2.38. The number of hydrogen-bond acceptors (Lipinski definition) is 4. The van der Waals surface area contributed by atoms with Crippen molar-refractivity contribution < 1.29 is 9.47 Å². The normalized spacial score (nSPS) is 10.8. The third kappa shape index (κ3) is 4.77. The molecular weight excluding hydrogens is 347 g/mol. The number of ether oxygens (including phenoxy) is 2. The topological polar surface area (TPSA) is 47.7 Å². The molecular formula is C18H22Cl2N2O2. The number of nitrogens with two attached hydrogens (primary N) is 1. The maximum absolute atomic E-state index is 6.34. The number of hydrogen-bond donors (Lipinski definition) is 1. The highest BCUT2D eigenvalue weighted by Crippen LogP contribution is 2.36. The first-order valence-corrected chi connectivity index (χ1v) is 8.40. The molecule has 0 aliphatic carbocycles. The van der Waals surface area contributed by atoms with Crippen molar-refractivity contribution >= 4 is 34.6 Å². The summed E-state index contributed by atoms with van der Waals surface area (Å²) in [7, 11) is 3.38. The molecule has 0 aliphatic heterocycles. The van der Waals surface area contributed by atoms with Crippen LogP contribution >= 0.6 is 23.2 Å². The Morgan fingerprint density at radius 1 is 0.917 bits per heavy atom. The summed E-state index contributed by atoms with van der Waals surface area (Å²) in [5.74, 6) is 0. The van der Waals surface area contributed by atoms with E-state index < -0.39 is 0 Å². The summed E-state index contributed by atoms with van der Waals surface area (Å²) in [6.45, 7) is 2.78. The van der Waals surface area contributed by atoms with E-state index >= 15 is 0 Å². The summed E-state index contributed by atoms with van der Waals surface area (Å²) in [5.41, 5.74) is 9.62. The molecule has 0 atom stereocenters. The van der Waals surface area contributed by atoms with Crippen LogP contribution in [0.1, 0.15) is 0 Å². The van der Waals surface area contributed by atoms with Gasteiger partial charge in [-0.15, -0.1) is 0 Å². The van der Waals surface area contributed by atoms with Crippen molar-refractivity contribution in [3.63, 3.8) is 0 Å². The van der Waals surface area contributed by atoms with E-state index in [0.717, 1.165) is 29.9 Å². The Kier molecular flexibility index (Phi) is 7.18. The molecule has 0 saturated carbocycles. The molecule has 2 aromatic rings. The Bertz CT molecular complexity index is 672. The minimum absolute atomic E-state index is 0.576. The largest absolute Gasteiger partial charge is 0.398 e. The fourth-order valence-electron chi connectivity index (χ4n) is 2.46. The van der Waals surface area contributed by atoms with Crippen LogP contribution in [-0.2, 0) is 9.47 Å².